The highest BCUT2D eigenvalue weighted by Gasteiger charge is 2.29. The molecule has 2 aliphatic rings. The van der Waals surface area contributed by atoms with Crippen LogP contribution in [-0.2, 0) is 0 Å². The predicted molar refractivity (Wildman–Crippen MR) is 82.3 cm³/mol. The molecule has 0 amide bonds. The molecule has 1 heterocycles. The summed E-state index contributed by atoms with van der Waals surface area (Å²) in [5, 5.41) is 4.84. The van der Waals surface area contributed by atoms with Crippen LogP contribution in [0.1, 0.15) is 53.4 Å². The maximum atomic E-state index is 4.85. The molecule has 3 heteroatoms. The summed E-state index contributed by atoms with van der Waals surface area (Å²) in [6, 6.07) is 0.582. The minimum absolute atomic E-state index is 0.336. The molecule has 3 unspecified atom stereocenters. The Bertz CT molecular complexity index is 306. The van der Waals surface area contributed by atoms with E-state index in [-0.39, 0.29) is 0 Å². The van der Waals surface area contributed by atoms with Crippen molar-refractivity contribution in [3.05, 3.63) is 0 Å². The molecule has 0 aromatic carbocycles. The zero-order chi connectivity index (χ0) is 13.2. The quantitative estimate of drug-likeness (QED) is 0.821. The molecule has 104 valence electrons. The minimum atomic E-state index is 0.336. The molecule has 1 aliphatic carbocycles. The van der Waals surface area contributed by atoms with Crippen LogP contribution in [0.2, 0.25) is 0 Å². The second kappa shape index (κ2) is 5.85. The van der Waals surface area contributed by atoms with Gasteiger partial charge in [-0.15, -0.1) is 0 Å². The molecule has 18 heavy (non-hydrogen) atoms. The maximum absolute atomic E-state index is 4.85. The number of hydrogen-bond donors (Lipinski definition) is 1. The summed E-state index contributed by atoms with van der Waals surface area (Å²) in [7, 11) is 0. The molecule has 3 atom stereocenters. The molecule has 1 saturated carbocycles. The van der Waals surface area contributed by atoms with Crippen LogP contribution in [0.5, 0.6) is 0 Å². The number of aliphatic imine (C=N–C) groups is 1. The predicted octanol–water partition coefficient (Wildman–Crippen LogP) is 3.92. The van der Waals surface area contributed by atoms with Crippen LogP contribution >= 0.6 is 11.8 Å². The lowest BCUT2D eigenvalue weighted by molar-refractivity contribution is 0.290. The van der Waals surface area contributed by atoms with Crippen LogP contribution in [0.25, 0.3) is 0 Å². The van der Waals surface area contributed by atoms with Gasteiger partial charge < -0.3 is 5.32 Å². The highest BCUT2D eigenvalue weighted by Crippen LogP contribution is 2.32. The molecule has 1 N–H and O–H groups in total. The van der Waals surface area contributed by atoms with E-state index in [4.69, 9.17) is 4.99 Å². The number of rotatable bonds is 2. The second-order valence-electron chi connectivity index (χ2n) is 7.01. The first-order chi connectivity index (χ1) is 8.47. The first-order valence-electron chi connectivity index (χ1n) is 7.40. The van der Waals surface area contributed by atoms with E-state index in [2.05, 4.69) is 33.0 Å². The first-order valence-corrected chi connectivity index (χ1v) is 8.39. The Morgan fingerprint density at radius 2 is 2.06 bits per heavy atom. The lowest BCUT2D eigenvalue weighted by atomic mass is 9.85. The van der Waals surface area contributed by atoms with E-state index in [1.807, 2.05) is 11.8 Å². The Morgan fingerprint density at radius 3 is 2.67 bits per heavy atom. The topological polar surface area (TPSA) is 24.4 Å². The summed E-state index contributed by atoms with van der Waals surface area (Å²) < 4.78 is 0. The van der Waals surface area contributed by atoms with Crippen molar-refractivity contribution in [1.82, 2.24) is 5.32 Å². The van der Waals surface area contributed by atoms with Gasteiger partial charge in [-0.2, -0.15) is 0 Å². The van der Waals surface area contributed by atoms with E-state index >= 15 is 0 Å². The first kappa shape index (κ1) is 14.2. The van der Waals surface area contributed by atoms with Crippen molar-refractivity contribution >= 4 is 16.9 Å². The number of nitrogens with one attached hydrogen (secondary N) is 1. The largest absolute Gasteiger partial charge is 0.362 e. The van der Waals surface area contributed by atoms with Gasteiger partial charge >= 0.3 is 0 Å². The number of thioether (sulfide) groups is 1. The van der Waals surface area contributed by atoms with Crippen molar-refractivity contribution in [3.63, 3.8) is 0 Å². The smallest absolute Gasteiger partial charge is 0.156 e. The number of hydrogen-bond acceptors (Lipinski definition) is 2. The van der Waals surface area contributed by atoms with Gasteiger partial charge in [-0.1, -0.05) is 52.3 Å². The maximum Gasteiger partial charge on any atom is 0.156 e. The fourth-order valence-corrected chi connectivity index (χ4v) is 3.91. The standard InChI is InChI=1S/C15H28N2S/c1-11-6-5-7-12(11)10-16-14-17-13(8-9-18-14)15(2,3)4/h11-13H,5-10H2,1-4H3,(H,16,17). The summed E-state index contributed by atoms with van der Waals surface area (Å²) in [5.41, 5.74) is 0.336. The molecule has 0 aromatic rings. The van der Waals surface area contributed by atoms with E-state index < -0.39 is 0 Å². The van der Waals surface area contributed by atoms with Crippen LogP contribution in [0.3, 0.4) is 0 Å². The van der Waals surface area contributed by atoms with Gasteiger partial charge in [0.1, 0.15) is 0 Å². The minimum Gasteiger partial charge on any atom is -0.362 e. The molecule has 2 nitrogen and oxygen atoms in total. The lowest BCUT2D eigenvalue weighted by Crippen LogP contribution is -2.46. The van der Waals surface area contributed by atoms with E-state index in [9.17, 15) is 0 Å². The van der Waals surface area contributed by atoms with Crippen LogP contribution < -0.4 is 5.32 Å². The molecule has 0 bridgehead atoms. The van der Waals surface area contributed by atoms with Crippen molar-refractivity contribution in [1.29, 1.82) is 0 Å². The van der Waals surface area contributed by atoms with E-state index in [1.54, 1.807) is 0 Å². The molecule has 2 rings (SSSR count). The fourth-order valence-electron chi connectivity index (χ4n) is 2.97. The second-order valence-corrected chi connectivity index (χ2v) is 8.10. The molecule has 1 saturated heterocycles. The van der Waals surface area contributed by atoms with Crippen LogP contribution in [0, 0.1) is 17.3 Å². The van der Waals surface area contributed by atoms with Gasteiger partial charge in [0.05, 0.1) is 0 Å². The highest BCUT2D eigenvalue weighted by molar-refractivity contribution is 8.13. The summed E-state index contributed by atoms with van der Waals surface area (Å²) >= 11 is 1.91. The van der Waals surface area contributed by atoms with Gasteiger partial charge in [-0.3, -0.25) is 4.99 Å². The van der Waals surface area contributed by atoms with Gasteiger partial charge in [-0.05, 0) is 30.1 Å². The van der Waals surface area contributed by atoms with Gasteiger partial charge in [0.25, 0.3) is 0 Å². The summed E-state index contributed by atoms with van der Waals surface area (Å²) in [6.07, 6.45) is 5.45. The Hall–Kier alpha value is -0.180. The van der Waals surface area contributed by atoms with Gasteiger partial charge in [0.2, 0.25) is 0 Å². The van der Waals surface area contributed by atoms with Crippen molar-refractivity contribution < 1.29 is 0 Å². The number of amidine groups is 1. The molecular weight excluding hydrogens is 240 g/mol. The Kier molecular flexibility index (Phi) is 4.63. The molecule has 0 aromatic heterocycles. The van der Waals surface area contributed by atoms with Gasteiger partial charge in [-0.25, -0.2) is 0 Å². The molecular formula is C15H28N2S. The van der Waals surface area contributed by atoms with E-state index in [0.29, 0.717) is 11.5 Å². The van der Waals surface area contributed by atoms with Crippen molar-refractivity contribution in [3.8, 4) is 0 Å². The van der Waals surface area contributed by atoms with E-state index in [1.165, 1.54) is 36.6 Å². The average Bonchev–Trinajstić information content (AvgIpc) is 2.72. The normalized spacial score (nSPS) is 35.8. The summed E-state index contributed by atoms with van der Waals surface area (Å²) in [6.45, 7) is 10.4. The lowest BCUT2D eigenvalue weighted by Gasteiger charge is -2.35. The van der Waals surface area contributed by atoms with Gasteiger partial charge in [0, 0.05) is 18.3 Å². The van der Waals surface area contributed by atoms with Crippen molar-refractivity contribution in [2.45, 2.75) is 59.4 Å². The van der Waals surface area contributed by atoms with E-state index in [0.717, 1.165) is 18.4 Å². The Balaban J connectivity index is 1.88. The van der Waals surface area contributed by atoms with Crippen molar-refractivity contribution in [2.24, 2.45) is 22.2 Å². The third-order valence-corrected chi connectivity index (χ3v) is 5.46. The third-order valence-electron chi connectivity index (χ3n) is 4.50. The Labute approximate surface area is 116 Å². The third kappa shape index (κ3) is 3.66. The Morgan fingerprint density at radius 1 is 1.28 bits per heavy atom. The molecule has 0 radical (unpaired) electrons. The summed E-state index contributed by atoms with van der Waals surface area (Å²) in [4.78, 5) is 4.85. The van der Waals surface area contributed by atoms with Crippen LogP contribution in [0.4, 0.5) is 0 Å². The molecule has 0 spiro atoms. The fraction of sp³-hybridized carbons (Fsp3) is 0.933. The zero-order valence-electron chi connectivity index (χ0n) is 12.3. The van der Waals surface area contributed by atoms with Crippen LogP contribution in [0.15, 0.2) is 4.99 Å². The van der Waals surface area contributed by atoms with Crippen molar-refractivity contribution in [2.75, 3.05) is 12.3 Å². The molecule has 2 fully saturated rings. The number of nitrogens with zero attached hydrogens (tertiary/aromatic N) is 1. The summed E-state index contributed by atoms with van der Waals surface area (Å²) in [5.74, 6) is 2.92. The van der Waals surface area contributed by atoms with Gasteiger partial charge in [0.15, 0.2) is 5.17 Å². The highest BCUT2D eigenvalue weighted by atomic mass is 32.2. The average molecular weight is 268 g/mol. The monoisotopic (exact) mass is 268 g/mol. The van der Waals surface area contributed by atoms with Crippen LogP contribution in [-0.4, -0.2) is 23.5 Å². The zero-order valence-corrected chi connectivity index (χ0v) is 13.1. The SMILES string of the molecule is CC1CCCC1CN=C1NC(C(C)(C)C)CCS1. The molecule has 1 aliphatic heterocycles.